The number of aliphatic hydroxyl groups is 1. The Morgan fingerprint density at radius 2 is 1.81 bits per heavy atom. The predicted molar refractivity (Wildman–Crippen MR) is 170 cm³/mol. The zero-order chi connectivity index (χ0) is 30.3. The molecule has 3 aromatic carbocycles. The number of nitrogens with one attached hydrogen (secondary N) is 2. The van der Waals surface area contributed by atoms with E-state index in [1.807, 2.05) is 43.3 Å². The van der Waals surface area contributed by atoms with E-state index in [-0.39, 0.29) is 36.8 Å². The van der Waals surface area contributed by atoms with Gasteiger partial charge in [-0.05, 0) is 99.3 Å². The smallest absolute Gasteiger partial charge is 0.251 e. The first-order valence-electron chi connectivity index (χ1n) is 14.7. The summed E-state index contributed by atoms with van der Waals surface area (Å²) in [5.41, 5.74) is 4.34. The van der Waals surface area contributed by atoms with Crippen LogP contribution >= 0.6 is 12.4 Å². The van der Waals surface area contributed by atoms with Crippen LogP contribution in [0, 0.1) is 30.9 Å². The number of hydrogen-bond acceptors (Lipinski definition) is 4. The molecule has 0 bridgehead atoms. The summed E-state index contributed by atoms with van der Waals surface area (Å²) in [5, 5.41) is 17.8. The topological polar surface area (TPSA) is 64.6 Å². The van der Waals surface area contributed by atoms with E-state index < -0.39 is 23.8 Å². The molecule has 3 N–H and O–H groups in total. The van der Waals surface area contributed by atoms with E-state index in [1.54, 1.807) is 0 Å². The van der Waals surface area contributed by atoms with Gasteiger partial charge in [0.2, 0.25) is 0 Å². The van der Waals surface area contributed by atoms with Crippen LogP contribution < -0.4 is 10.6 Å². The van der Waals surface area contributed by atoms with E-state index in [1.165, 1.54) is 12.1 Å². The summed E-state index contributed by atoms with van der Waals surface area (Å²) in [6, 6.07) is 16.0. The van der Waals surface area contributed by atoms with E-state index in [9.17, 15) is 18.7 Å². The molecule has 0 unspecified atom stereocenters. The average Bonchev–Trinajstić information content (AvgIpc) is 3.75. The number of hydrogen-bond donors (Lipinski definition) is 3. The minimum atomic E-state index is -1.03. The van der Waals surface area contributed by atoms with Gasteiger partial charge in [0.25, 0.3) is 5.91 Å². The molecule has 1 saturated carbocycles. The monoisotopic (exact) mass is 609 g/mol. The number of carbonyl (C=O) groups is 1. The lowest BCUT2D eigenvalue weighted by molar-refractivity contribution is 0.0821. The third kappa shape index (κ3) is 9.61. The molecular formula is C35H42ClF2N3O2. The maximum atomic E-state index is 14.0. The van der Waals surface area contributed by atoms with Crippen LogP contribution in [0.25, 0.3) is 0 Å². The highest BCUT2D eigenvalue weighted by atomic mass is 35.5. The zero-order valence-corrected chi connectivity index (χ0v) is 25.9. The van der Waals surface area contributed by atoms with E-state index in [0.29, 0.717) is 17.7 Å². The number of rotatable bonds is 14. The molecule has 5 nitrogen and oxygen atoms in total. The van der Waals surface area contributed by atoms with Crippen molar-refractivity contribution in [2.45, 2.75) is 70.2 Å². The lowest BCUT2D eigenvalue weighted by Gasteiger charge is -2.27. The van der Waals surface area contributed by atoms with Crippen LogP contribution in [0.15, 0.2) is 60.7 Å². The Kier molecular flexibility index (Phi) is 12.3. The Labute approximate surface area is 260 Å². The standard InChI is InChI=1S/C35H41F2N3O2.ClH/c1-5-7-13-40(4)23-27-14-24(3)15-28(16-27)34(42)39-32(20-26-18-30(36)21-31(37)19-26)33(41)22-38-35(11-12-35)29-10-8-9-25(6-2)17-29;/h2,8-10,14-19,21,32-33,38,41H,5,7,11-13,20,22-23H2,1,3-4H3,(H,39,42);1H/t32-,33-;/m0./s1. The first kappa shape index (κ1) is 34.2. The van der Waals surface area contributed by atoms with Gasteiger partial charge < -0.3 is 20.6 Å². The minimum absolute atomic E-state index is 0. The summed E-state index contributed by atoms with van der Waals surface area (Å²) in [4.78, 5) is 15.8. The normalized spacial score (nSPS) is 14.8. The predicted octanol–water partition coefficient (Wildman–Crippen LogP) is 5.89. The fourth-order valence-electron chi connectivity index (χ4n) is 5.46. The number of aryl methyl sites for hydroxylation is 1. The average molecular weight is 610 g/mol. The molecular weight excluding hydrogens is 568 g/mol. The fraction of sp³-hybridized carbons (Fsp3) is 0.400. The van der Waals surface area contributed by atoms with Crippen molar-refractivity contribution >= 4 is 18.3 Å². The highest BCUT2D eigenvalue weighted by Gasteiger charge is 2.44. The number of benzene rings is 3. The Bertz CT molecular complexity index is 1420. The van der Waals surface area contributed by atoms with Gasteiger partial charge in [-0.15, -0.1) is 18.8 Å². The molecule has 8 heteroatoms. The molecule has 2 atom stereocenters. The van der Waals surface area contributed by atoms with Crippen molar-refractivity contribution in [1.29, 1.82) is 0 Å². The molecule has 0 spiro atoms. The number of carbonyl (C=O) groups excluding carboxylic acids is 1. The van der Waals surface area contributed by atoms with Crippen molar-refractivity contribution in [1.82, 2.24) is 15.5 Å². The van der Waals surface area contributed by atoms with E-state index in [4.69, 9.17) is 6.42 Å². The van der Waals surface area contributed by atoms with Crippen LogP contribution in [0.3, 0.4) is 0 Å². The number of terminal acetylenes is 1. The highest BCUT2D eigenvalue weighted by molar-refractivity contribution is 5.94. The molecule has 1 aliphatic rings. The number of amides is 1. The molecule has 43 heavy (non-hydrogen) atoms. The number of unbranched alkanes of at least 4 members (excludes halogenated alkanes) is 1. The van der Waals surface area contributed by atoms with Crippen LogP contribution in [0.4, 0.5) is 8.78 Å². The first-order valence-corrected chi connectivity index (χ1v) is 14.7. The van der Waals surface area contributed by atoms with Gasteiger partial charge in [0, 0.05) is 35.8 Å². The van der Waals surface area contributed by atoms with Crippen LogP contribution in [0.1, 0.15) is 70.8 Å². The summed E-state index contributed by atoms with van der Waals surface area (Å²) >= 11 is 0. The summed E-state index contributed by atoms with van der Waals surface area (Å²) < 4.78 is 28.0. The van der Waals surface area contributed by atoms with Gasteiger partial charge in [-0.2, -0.15) is 0 Å². The number of aliphatic hydroxyl groups excluding tert-OH is 1. The summed E-state index contributed by atoms with van der Waals surface area (Å²) in [6.45, 7) is 5.95. The van der Waals surface area contributed by atoms with Gasteiger partial charge >= 0.3 is 0 Å². The van der Waals surface area contributed by atoms with E-state index >= 15 is 0 Å². The van der Waals surface area contributed by atoms with Crippen molar-refractivity contribution in [2.24, 2.45) is 0 Å². The van der Waals surface area contributed by atoms with Crippen LogP contribution in [0.2, 0.25) is 0 Å². The van der Waals surface area contributed by atoms with E-state index in [0.717, 1.165) is 60.5 Å². The SMILES string of the molecule is C#Cc1cccc(C2(NC[C@H](O)[C@H](Cc3cc(F)cc(F)c3)NC(=O)c3cc(C)cc(CN(C)CCCC)c3)CC2)c1.Cl. The van der Waals surface area contributed by atoms with Gasteiger partial charge in [0.15, 0.2) is 0 Å². The molecule has 0 heterocycles. The highest BCUT2D eigenvalue weighted by Crippen LogP contribution is 2.45. The lowest BCUT2D eigenvalue weighted by atomic mass is 9.98. The van der Waals surface area contributed by atoms with Gasteiger partial charge in [0.1, 0.15) is 11.6 Å². The van der Waals surface area contributed by atoms with Gasteiger partial charge in [-0.25, -0.2) is 8.78 Å². The lowest BCUT2D eigenvalue weighted by Crippen LogP contribution is -2.50. The molecule has 1 amide bonds. The second-order valence-corrected chi connectivity index (χ2v) is 11.6. The third-order valence-corrected chi connectivity index (χ3v) is 7.89. The number of nitrogens with zero attached hydrogens (tertiary/aromatic N) is 1. The van der Waals surface area contributed by atoms with E-state index in [2.05, 4.69) is 41.5 Å². The maximum absolute atomic E-state index is 14.0. The van der Waals surface area contributed by atoms with Gasteiger partial charge in [0.05, 0.1) is 12.1 Å². The van der Waals surface area contributed by atoms with Crippen LogP contribution in [0.5, 0.6) is 0 Å². The second-order valence-electron chi connectivity index (χ2n) is 11.6. The van der Waals surface area contributed by atoms with Crippen molar-refractivity contribution < 1.29 is 18.7 Å². The Hall–Kier alpha value is -3.28. The van der Waals surface area contributed by atoms with Crippen molar-refractivity contribution in [3.63, 3.8) is 0 Å². The van der Waals surface area contributed by atoms with Gasteiger partial charge in [-0.1, -0.05) is 43.0 Å². The second kappa shape index (κ2) is 15.4. The maximum Gasteiger partial charge on any atom is 0.251 e. The Morgan fingerprint density at radius 1 is 1.09 bits per heavy atom. The Balaban J connectivity index is 0.00000506. The van der Waals surface area contributed by atoms with Gasteiger partial charge in [-0.3, -0.25) is 4.79 Å². The number of halogens is 3. The molecule has 0 saturated heterocycles. The third-order valence-electron chi connectivity index (χ3n) is 7.89. The Morgan fingerprint density at radius 3 is 2.47 bits per heavy atom. The summed E-state index contributed by atoms with van der Waals surface area (Å²) in [7, 11) is 2.06. The molecule has 0 radical (unpaired) electrons. The molecule has 0 aromatic heterocycles. The van der Waals surface area contributed by atoms with Crippen LogP contribution in [-0.2, 0) is 18.5 Å². The van der Waals surface area contributed by atoms with Crippen molar-refractivity contribution in [3.05, 3.63) is 106 Å². The van der Waals surface area contributed by atoms with Crippen LogP contribution in [-0.4, -0.2) is 48.2 Å². The van der Waals surface area contributed by atoms with Crippen molar-refractivity contribution in [2.75, 3.05) is 20.1 Å². The summed E-state index contributed by atoms with van der Waals surface area (Å²) in [6.07, 6.45) is 8.60. The minimum Gasteiger partial charge on any atom is -0.390 e. The largest absolute Gasteiger partial charge is 0.390 e. The summed E-state index contributed by atoms with van der Waals surface area (Å²) in [5.74, 6) is 0.905. The molecule has 1 fully saturated rings. The fourth-order valence-corrected chi connectivity index (χ4v) is 5.46. The molecule has 230 valence electrons. The molecule has 0 aliphatic heterocycles. The zero-order valence-electron chi connectivity index (χ0n) is 25.1. The molecule has 1 aliphatic carbocycles. The quantitative estimate of drug-likeness (QED) is 0.200. The van der Waals surface area contributed by atoms with Crippen molar-refractivity contribution in [3.8, 4) is 12.3 Å². The molecule has 4 rings (SSSR count). The first-order chi connectivity index (χ1) is 20.1. The molecule has 3 aromatic rings.